The van der Waals surface area contributed by atoms with Crippen LogP contribution in [0, 0.1) is 5.92 Å². The molecule has 1 fully saturated rings. The second-order valence-corrected chi connectivity index (χ2v) is 5.76. The van der Waals surface area contributed by atoms with Gasteiger partial charge >= 0.3 is 5.97 Å². The van der Waals surface area contributed by atoms with Gasteiger partial charge in [0.15, 0.2) is 0 Å². The van der Waals surface area contributed by atoms with Crippen LogP contribution in [0.2, 0.25) is 0 Å². The molecule has 1 aromatic rings. The number of hydrogen-bond donors (Lipinski definition) is 1. The maximum Gasteiger partial charge on any atom is 0.303 e. The fourth-order valence-corrected chi connectivity index (χ4v) is 3.13. The number of thiophene rings is 1. The number of carbonyl (C=O) groups is 1. The van der Waals surface area contributed by atoms with E-state index in [0.29, 0.717) is 12.3 Å². The van der Waals surface area contributed by atoms with E-state index < -0.39 is 5.97 Å². The molecule has 1 saturated heterocycles. The van der Waals surface area contributed by atoms with E-state index in [1.165, 1.54) is 4.88 Å². The smallest absolute Gasteiger partial charge is 0.303 e. The van der Waals surface area contributed by atoms with Crippen LogP contribution in [0.4, 0.5) is 0 Å². The van der Waals surface area contributed by atoms with E-state index >= 15 is 0 Å². The number of rotatable bonds is 5. The number of hydrogen-bond acceptors (Lipinski definition) is 3. The Kier molecular flexibility index (Phi) is 4.57. The third-order valence-corrected chi connectivity index (χ3v) is 4.29. The van der Waals surface area contributed by atoms with Crippen molar-refractivity contribution < 1.29 is 9.90 Å². The predicted molar refractivity (Wildman–Crippen MR) is 69.2 cm³/mol. The molecule has 1 aliphatic heterocycles. The first-order valence-corrected chi connectivity index (χ1v) is 7.08. The molecule has 1 aliphatic rings. The molecule has 0 unspecified atom stereocenters. The zero-order valence-electron chi connectivity index (χ0n) is 9.97. The van der Waals surface area contributed by atoms with Gasteiger partial charge in [0.1, 0.15) is 0 Å². The second kappa shape index (κ2) is 6.17. The lowest BCUT2D eigenvalue weighted by atomic mass is 9.92. The normalized spacial score (nSPS) is 18.4. The zero-order valence-corrected chi connectivity index (χ0v) is 10.8. The molecule has 94 valence electrons. The molecule has 0 saturated carbocycles. The number of likely N-dealkylation sites (tertiary alicyclic amines) is 1. The van der Waals surface area contributed by atoms with Crippen molar-refractivity contribution in [1.82, 2.24) is 4.90 Å². The minimum absolute atomic E-state index is 0.329. The molecule has 0 atom stereocenters. The van der Waals surface area contributed by atoms with E-state index in [-0.39, 0.29) is 0 Å². The van der Waals surface area contributed by atoms with E-state index in [0.717, 1.165) is 38.9 Å². The summed E-state index contributed by atoms with van der Waals surface area (Å²) in [6, 6.07) is 4.28. The van der Waals surface area contributed by atoms with Crippen LogP contribution in [-0.2, 0) is 11.3 Å². The topological polar surface area (TPSA) is 40.5 Å². The van der Waals surface area contributed by atoms with Gasteiger partial charge < -0.3 is 5.11 Å². The first-order valence-electron chi connectivity index (χ1n) is 6.20. The summed E-state index contributed by atoms with van der Waals surface area (Å²) in [5, 5.41) is 10.8. The summed E-state index contributed by atoms with van der Waals surface area (Å²) < 4.78 is 0. The van der Waals surface area contributed by atoms with Gasteiger partial charge in [-0.25, -0.2) is 0 Å². The maximum absolute atomic E-state index is 10.5. The summed E-state index contributed by atoms with van der Waals surface area (Å²) in [5.41, 5.74) is 0. The quantitative estimate of drug-likeness (QED) is 0.877. The van der Waals surface area contributed by atoms with Crippen molar-refractivity contribution in [2.45, 2.75) is 32.2 Å². The van der Waals surface area contributed by atoms with Crippen molar-refractivity contribution in [3.8, 4) is 0 Å². The highest BCUT2D eigenvalue weighted by Gasteiger charge is 2.19. The monoisotopic (exact) mass is 253 g/mol. The Morgan fingerprint density at radius 3 is 2.82 bits per heavy atom. The van der Waals surface area contributed by atoms with Gasteiger partial charge in [0.05, 0.1) is 0 Å². The predicted octanol–water partition coefficient (Wildman–Crippen LogP) is 2.82. The molecule has 0 spiro atoms. The maximum atomic E-state index is 10.5. The Morgan fingerprint density at radius 2 is 2.24 bits per heavy atom. The van der Waals surface area contributed by atoms with Crippen LogP contribution >= 0.6 is 11.3 Å². The fraction of sp³-hybridized carbons (Fsp3) is 0.615. The summed E-state index contributed by atoms with van der Waals surface area (Å²) in [6.07, 6.45) is 3.48. The zero-order chi connectivity index (χ0) is 12.1. The molecular formula is C13H19NO2S. The van der Waals surface area contributed by atoms with Crippen LogP contribution < -0.4 is 0 Å². The first-order chi connectivity index (χ1) is 8.24. The number of aliphatic carboxylic acids is 1. The fourth-order valence-electron chi connectivity index (χ4n) is 2.38. The van der Waals surface area contributed by atoms with Gasteiger partial charge in [-0.2, -0.15) is 0 Å². The van der Waals surface area contributed by atoms with Crippen LogP contribution in [0.25, 0.3) is 0 Å². The van der Waals surface area contributed by atoms with Crippen LogP contribution in [0.3, 0.4) is 0 Å². The van der Waals surface area contributed by atoms with Gasteiger partial charge in [-0.15, -0.1) is 11.3 Å². The Hall–Kier alpha value is -0.870. The SMILES string of the molecule is O=C(O)CCC1CCN(Cc2cccs2)CC1. The molecule has 3 nitrogen and oxygen atoms in total. The highest BCUT2D eigenvalue weighted by molar-refractivity contribution is 7.09. The van der Waals surface area contributed by atoms with Gasteiger partial charge in [-0.3, -0.25) is 9.69 Å². The number of carboxylic acid groups (broad SMARTS) is 1. The van der Waals surface area contributed by atoms with Gasteiger partial charge in [0, 0.05) is 17.8 Å². The molecule has 0 aliphatic carbocycles. The summed E-state index contributed by atoms with van der Waals surface area (Å²) in [5.74, 6) is -0.0447. The number of nitrogens with zero attached hydrogens (tertiary/aromatic N) is 1. The lowest BCUT2D eigenvalue weighted by molar-refractivity contribution is -0.137. The largest absolute Gasteiger partial charge is 0.481 e. The Bertz CT molecular complexity index is 342. The number of piperidine rings is 1. The van der Waals surface area contributed by atoms with Crippen molar-refractivity contribution in [3.05, 3.63) is 22.4 Å². The lowest BCUT2D eigenvalue weighted by Crippen LogP contribution is -2.33. The summed E-state index contributed by atoms with van der Waals surface area (Å²) >= 11 is 1.81. The summed E-state index contributed by atoms with van der Waals surface area (Å²) in [6.45, 7) is 3.29. The molecule has 0 aromatic carbocycles. The van der Waals surface area contributed by atoms with Crippen LogP contribution in [0.1, 0.15) is 30.6 Å². The van der Waals surface area contributed by atoms with E-state index in [9.17, 15) is 4.79 Å². The average molecular weight is 253 g/mol. The van der Waals surface area contributed by atoms with Crippen LogP contribution in [0.15, 0.2) is 17.5 Å². The van der Waals surface area contributed by atoms with Gasteiger partial charge in [0.2, 0.25) is 0 Å². The molecule has 1 aromatic heterocycles. The Balaban J connectivity index is 1.69. The molecule has 2 heterocycles. The molecule has 2 rings (SSSR count). The molecular weight excluding hydrogens is 234 g/mol. The van der Waals surface area contributed by atoms with Crippen molar-refractivity contribution in [2.24, 2.45) is 5.92 Å². The molecule has 0 bridgehead atoms. The van der Waals surface area contributed by atoms with Crippen molar-refractivity contribution in [2.75, 3.05) is 13.1 Å². The van der Waals surface area contributed by atoms with Crippen molar-refractivity contribution in [3.63, 3.8) is 0 Å². The standard InChI is InChI=1S/C13H19NO2S/c15-13(16)4-3-11-5-7-14(8-6-11)10-12-2-1-9-17-12/h1-2,9,11H,3-8,10H2,(H,15,16). The summed E-state index contributed by atoms with van der Waals surface area (Å²) in [4.78, 5) is 14.4. The minimum atomic E-state index is -0.661. The Labute approximate surface area is 106 Å². The molecule has 0 amide bonds. The van der Waals surface area contributed by atoms with E-state index in [1.807, 2.05) is 11.3 Å². The van der Waals surface area contributed by atoms with Gasteiger partial charge in [-0.1, -0.05) is 6.07 Å². The third-order valence-electron chi connectivity index (χ3n) is 3.43. The first kappa shape index (κ1) is 12.6. The number of carboxylic acids is 1. The highest BCUT2D eigenvalue weighted by Crippen LogP contribution is 2.23. The van der Waals surface area contributed by atoms with Gasteiger partial charge in [-0.05, 0) is 49.7 Å². The van der Waals surface area contributed by atoms with E-state index in [4.69, 9.17) is 5.11 Å². The average Bonchev–Trinajstić information content (AvgIpc) is 2.81. The lowest BCUT2D eigenvalue weighted by Gasteiger charge is -2.31. The van der Waals surface area contributed by atoms with E-state index in [2.05, 4.69) is 22.4 Å². The van der Waals surface area contributed by atoms with E-state index in [1.54, 1.807) is 0 Å². The molecule has 17 heavy (non-hydrogen) atoms. The van der Waals surface area contributed by atoms with Gasteiger partial charge in [0.25, 0.3) is 0 Å². The summed E-state index contributed by atoms with van der Waals surface area (Å²) in [7, 11) is 0. The van der Waals surface area contributed by atoms with Crippen molar-refractivity contribution in [1.29, 1.82) is 0 Å². The second-order valence-electron chi connectivity index (χ2n) is 4.73. The molecule has 4 heteroatoms. The highest BCUT2D eigenvalue weighted by atomic mass is 32.1. The van der Waals surface area contributed by atoms with Crippen LogP contribution in [0.5, 0.6) is 0 Å². The molecule has 0 radical (unpaired) electrons. The van der Waals surface area contributed by atoms with Crippen molar-refractivity contribution >= 4 is 17.3 Å². The molecule has 1 N–H and O–H groups in total. The third kappa shape index (κ3) is 4.13. The van der Waals surface area contributed by atoms with Crippen LogP contribution in [-0.4, -0.2) is 29.1 Å². The minimum Gasteiger partial charge on any atom is -0.481 e. The Morgan fingerprint density at radius 1 is 1.47 bits per heavy atom.